The first-order valence-electron chi connectivity index (χ1n) is 8.08. The molecule has 2 atom stereocenters. The van der Waals surface area contributed by atoms with Crippen molar-refractivity contribution in [1.82, 2.24) is 4.90 Å². The summed E-state index contributed by atoms with van der Waals surface area (Å²) in [5.74, 6) is -0.367. The van der Waals surface area contributed by atoms with E-state index in [9.17, 15) is 14.7 Å². The Hall–Kier alpha value is -1.72. The molecule has 2 unspecified atom stereocenters. The zero-order valence-electron chi connectivity index (χ0n) is 13.5. The molecule has 1 saturated heterocycles. The van der Waals surface area contributed by atoms with Gasteiger partial charge >= 0.3 is 5.97 Å². The lowest BCUT2D eigenvalue weighted by Crippen LogP contribution is -2.66. The van der Waals surface area contributed by atoms with Gasteiger partial charge in [0.25, 0.3) is 0 Å². The minimum atomic E-state index is -1.28. The first-order chi connectivity index (χ1) is 11.0. The van der Waals surface area contributed by atoms with Gasteiger partial charge < -0.3 is 9.84 Å². The first-order valence-corrected chi connectivity index (χ1v) is 8.08. The van der Waals surface area contributed by atoms with Crippen LogP contribution in [0.5, 0.6) is 0 Å². The standard InChI is InChI=1S/C18H23NO4/c1-23-16(21)17-8-7-15(20)11-18(17,22)9-10-19(13-17)12-14-5-3-2-4-6-14/h2-6,22H,7-13H2,1H3. The molecule has 1 heterocycles. The molecule has 0 bridgehead atoms. The van der Waals surface area contributed by atoms with Crippen LogP contribution in [-0.4, -0.2) is 47.6 Å². The predicted octanol–water partition coefficient (Wildman–Crippen LogP) is 1.54. The Labute approximate surface area is 136 Å². The maximum absolute atomic E-state index is 12.5. The molecule has 2 fully saturated rings. The largest absolute Gasteiger partial charge is 0.468 e. The second-order valence-electron chi connectivity index (χ2n) is 6.77. The highest BCUT2D eigenvalue weighted by atomic mass is 16.5. The second kappa shape index (κ2) is 6.06. The molecular formula is C18H23NO4. The molecule has 1 saturated carbocycles. The smallest absolute Gasteiger partial charge is 0.316 e. The van der Waals surface area contributed by atoms with Crippen LogP contribution >= 0.6 is 0 Å². The lowest BCUT2D eigenvalue weighted by molar-refractivity contribution is -0.197. The quantitative estimate of drug-likeness (QED) is 0.857. The number of aliphatic hydroxyl groups is 1. The second-order valence-corrected chi connectivity index (χ2v) is 6.77. The molecule has 1 aliphatic heterocycles. The molecule has 0 aromatic heterocycles. The van der Waals surface area contributed by atoms with Gasteiger partial charge in [-0.05, 0) is 18.4 Å². The summed E-state index contributed by atoms with van der Waals surface area (Å²) in [7, 11) is 1.35. The number of methoxy groups -OCH3 is 1. The number of hydrogen-bond donors (Lipinski definition) is 1. The van der Waals surface area contributed by atoms with Crippen molar-refractivity contribution >= 4 is 11.8 Å². The Morgan fingerprint density at radius 2 is 2.04 bits per heavy atom. The Morgan fingerprint density at radius 1 is 1.30 bits per heavy atom. The number of likely N-dealkylation sites (tertiary alicyclic amines) is 1. The van der Waals surface area contributed by atoms with Gasteiger partial charge in [0.2, 0.25) is 0 Å². The summed E-state index contributed by atoms with van der Waals surface area (Å²) >= 11 is 0. The summed E-state index contributed by atoms with van der Waals surface area (Å²) in [6, 6.07) is 10.1. The van der Waals surface area contributed by atoms with Gasteiger partial charge in [-0.1, -0.05) is 30.3 Å². The zero-order chi connectivity index (χ0) is 16.5. The van der Waals surface area contributed by atoms with Gasteiger partial charge in [0.05, 0.1) is 12.7 Å². The molecule has 3 rings (SSSR count). The van der Waals surface area contributed by atoms with Gasteiger partial charge in [0, 0.05) is 32.5 Å². The third-order valence-corrected chi connectivity index (χ3v) is 5.37. The Balaban J connectivity index is 1.85. The van der Waals surface area contributed by atoms with E-state index in [4.69, 9.17) is 4.74 Å². The number of nitrogens with zero attached hydrogens (tertiary/aromatic N) is 1. The molecule has 5 nitrogen and oxygen atoms in total. The van der Waals surface area contributed by atoms with E-state index in [0.29, 0.717) is 32.4 Å². The maximum atomic E-state index is 12.5. The van der Waals surface area contributed by atoms with Gasteiger partial charge in [0.15, 0.2) is 0 Å². The monoisotopic (exact) mass is 317 g/mol. The molecule has 5 heteroatoms. The maximum Gasteiger partial charge on any atom is 0.316 e. The van der Waals surface area contributed by atoms with Crippen LogP contribution in [0.4, 0.5) is 0 Å². The number of carbonyl (C=O) groups is 2. The van der Waals surface area contributed by atoms with Crippen LogP contribution < -0.4 is 0 Å². The number of rotatable bonds is 3. The van der Waals surface area contributed by atoms with Crippen LogP contribution in [0.15, 0.2) is 30.3 Å². The van der Waals surface area contributed by atoms with Crippen molar-refractivity contribution in [2.24, 2.45) is 5.41 Å². The topological polar surface area (TPSA) is 66.8 Å². The first kappa shape index (κ1) is 16.1. The van der Waals surface area contributed by atoms with Crippen molar-refractivity contribution in [1.29, 1.82) is 0 Å². The number of ether oxygens (including phenoxy) is 1. The predicted molar refractivity (Wildman–Crippen MR) is 84.6 cm³/mol. The highest BCUT2D eigenvalue weighted by Gasteiger charge is 2.61. The Kier molecular flexibility index (Phi) is 4.25. The van der Waals surface area contributed by atoms with Gasteiger partial charge in [-0.2, -0.15) is 0 Å². The fourth-order valence-corrected chi connectivity index (χ4v) is 4.06. The SMILES string of the molecule is COC(=O)C12CCC(=O)CC1(O)CCN(Cc1ccccc1)C2. The van der Waals surface area contributed by atoms with E-state index in [1.54, 1.807) is 0 Å². The number of benzene rings is 1. The van der Waals surface area contributed by atoms with Crippen LogP contribution in [0.2, 0.25) is 0 Å². The molecule has 0 amide bonds. The van der Waals surface area contributed by atoms with Crippen LogP contribution in [0.25, 0.3) is 0 Å². The van der Waals surface area contributed by atoms with Gasteiger partial charge in [-0.15, -0.1) is 0 Å². The molecule has 23 heavy (non-hydrogen) atoms. The van der Waals surface area contributed by atoms with Gasteiger partial charge in [-0.3, -0.25) is 14.5 Å². The fourth-order valence-electron chi connectivity index (χ4n) is 4.06. The summed E-state index contributed by atoms with van der Waals surface area (Å²) in [6.45, 7) is 1.82. The lowest BCUT2D eigenvalue weighted by atomic mass is 9.59. The van der Waals surface area contributed by atoms with Crippen molar-refractivity contribution < 1.29 is 19.4 Å². The van der Waals surface area contributed by atoms with Crippen molar-refractivity contribution in [2.75, 3.05) is 20.2 Å². The van der Waals surface area contributed by atoms with E-state index in [1.165, 1.54) is 12.7 Å². The molecule has 0 radical (unpaired) electrons. The molecule has 1 aliphatic carbocycles. The number of Topliss-reactive ketones (excluding diaryl/α,β-unsaturated/α-hetero) is 1. The highest BCUT2D eigenvalue weighted by Crippen LogP contribution is 2.49. The van der Waals surface area contributed by atoms with Crippen LogP contribution in [0.1, 0.15) is 31.2 Å². The highest BCUT2D eigenvalue weighted by molar-refractivity contribution is 5.87. The van der Waals surface area contributed by atoms with Gasteiger partial charge in [0.1, 0.15) is 11.2 Å². The average Bonchev–Trinajstić information content (AvgIpc) is 2.55. The lowest BCUT2D eigenvalue weighted by Gasteiger charge is -2.53. The van der Waals surface area contributed by atoms with Crippen molar-refractivity contribution in [3.05, 3.63) is 35.9 Å². The summed E-state index contributed by atoms with van der Waals surface area (Å²) < 4.78 is 5.01. The number of carbonyl (C=O) groups excluding carboxylic acids is 2. The molecule has 124 valence electrons. The van der Waals surface area contributed by atoms with Crippen molar-refractivity contribution in [2.45, 2.75) is 37.8 Å². The number of fused-ring (bicyclic) bond motifs is 1. The minimum Gasteiger partial charge on any atom is -0.468 e. The molecule has 1 N–H and O–H groups in total. The van der Waals surface area contributed by atoms with E-state index in [0.717, 1.165) is 6.54 Å². The molecular weight excluding hydrogens is 294 g/mol. The number of ketones is 1. The number of esters is 1. The zero-order valence-corrected chi connectivity index (χ0v) is 13.5. The third-order valence-electron chi connectivity index (χ3n) is 5.37. The van der Waals surface area contributed by atoms with E-state index in [-0.39, 0.29) is 12.2 Å². The van der Waals surface area contributed by atoms with Crippen LogP contribution in [-0.2, 0) is 20.9 Å². The third kappa shape index (κ3) is 2.79. The van der Waals surface area contributed by atoms with Crippen molar-refractivity contribution in [3.63, 3.8) is 0 Å². The van der Waals surface area contributed by atoms with E-state index >= 15 is 0 Å². The summed E-state index contributed by atoms with van der Waals surface area (Å²) in [5, 5.41) is 11.0. The molecule has 1 aromatic carbocycles. The minimum absolute atomic E-state index is 0.0311. The van der Waals surface area contributed by atoms with Crippen LogP contribution in [0, 0.1) is 5.41 Å². The normalized spacial score (nSPS) is 31.5. The Morgan fingerprint density at radius 3 is 2.74 bits per heavy atom. The number of piperidine rings is 1. The molecule has 2 aliphatic rings. The summed E-state index contributed by atoms with van der Waals surface area (Å²) in [4.78, 5) is 26.5. The molecule has 0 spiro atoms. The van der Waals surface area contributed by atoms with Crippen LogP contribution in [0.3, 0.4) is 0 Å². The number of hydrogen-bond acceptors (Lipinski definition) is 5. The fraction of sp³-hybridized carbons (Fsp3) is 0.556. The van der Waals surface area contributed by atoms with Crippen molar-refractivity contribution in [3.8, 4) is 0 Å². The van der Waals surface area contributed by atoms with E-state index < -0.39 is 17.0 Å². The summed E-state index contributed by atoms with van der Waals surface area (Å²) in [5.41, 5.74) is -1.10. The average molecular weight is 317 g/mol. The van der Waals surface area contributed by atoms with E-state index in [2.05, 4.69) is 17.0 Å². The summed E-state index contributed by atoms with van der Waals surface area (Å²) in [6.07, 6.45) is 1.17. The Bertz CT molecular complexity index is 602. The molecule has 1 aromatic rings. The van der Waals surface area contributed by atoms with E-state index in [1.807, 2.05) is 18.2 Å². The van der Waals surface area contributed by atoms with Gasteiger partial charge in [-0.25, -0.2) is 0 Å².